The van der Waals surface area contributed by atoms with Gasteiger partial charge in [0.05, 0.1) is 12.2 Å². The van der Waals surface area contributed by atoms with E-state index in [1.165, 1.54) is 12.3 Å². The van der Waals surface area contributed by atoms with Crippen molar-refractivity contribution in [1.29, 1.82) is 5.26 Å². The third-order valence-electron chi connectivity index (χ3n) is 3.16. The van der Waals surface area contributed by atoms with E-state index >= 15 is 0 Å². The van der Waals surface area contributed by atoms with E-state index in [0.29, 0.717) is 0 Å². The predicted molar refractivity (Wildman–Crippen MR) is 89.8 cm³/mol. The van der Waals surface area contributed by atoms with Crippen molar-refractivity contribution >= 4 is 11.8 Å². The average molecular weight is 336 g/mol. The van der Waals surface area contributed by atoms with Gasteiger partial charge in [0, 0.05) is 12.3 Å². The molecular weight excluding hydrogens is 320 g/mol. The first-order valence-electron chi connectivity index (χ1n) is 7.60. The Bertz CT molecular complexity index is 823. The van der Waals surface area contributed by atoms with Crippen LogP contribution in [0.5, 0.6) is 5.75 Å². The van der Waals surface area contributed by atoms with Crippen LogP contribution in [0.25, 0.3) is 0 Å². The molecule has 0 radical (unpaired) electrons. The third kappa shape index (κ3) is 5.01. The topological polar surface area (TPSA) is 89.3 Å². The standard InChI is InChI=1S/C19H16N2O4/c1-2-24-18(23)9-8-17(22)15-10-11-21-16(12-20)19(15)25-13-14-6-4-3-5-7-14/h3-11H,2,13H2,1H3. The molecule has 0 spiro atoms. The van der Waals surface area contributed by atoms with Crippen molar-refractivity contribution in [2.75, 3.05) is 6.61 Å². The van der Waals surface area contributed by atoms with Crippen molar-refractivity contribution in [3.05, 3.63) is 71.6 Å². The summed E-state index contributed by atoms with van der Waals surface area (Å²) in [7, 11) is 0. The van der Waals surface area contributed by atoms with E-state index in [9.17, 15) is 14.9 Å². The van der Waals surface area contributed by atoms with E-state index in [4.69, 9.17) is 9.47 Å². The minimum atomic E-state index is -0.614. The molecule has 0 saturated heterocycles. The largest absolute Gasteiger partial charge is 0.485 e. The van der Waals surface area contributed by atoms with Crippen molar-refractivity contribution in [3.8, 4) is 11.8 Å². The molecule has 1 aromatic heterocycles. The minimum Gasteiger partial charge on any atom is -0.485 e. The highest BCUT2D eigenvalue weighted by molar-refractivity contribution is 6.08. The lowest BCUT2D eigenvalue weighted by Gasteiger charge is -2.10. The van der Waals surface area contributed by atoms with Crippen LogP contribution in [0, 0.1) is 11.3 Å². The number of allylic oxidation sites excluding steroid dienone is 1. The molecule has 0 amide bonds. The lowest BCUT2D eigenvalue weighted by molar-refractivity contribution is -0.137. The fourth-order valence-corrected chi connectivity index (χ4v) is 2.02. The van der Waals surface area contributed by atoms with Crippen molar-refractivity contribution in [2.24, 2.45) is 0 Å². The van der Waals surface area contributed by atoms with Gasteiger partial charge in [0.25, 0.3) is 0 Å². The number of benzene rings is 1. The first-order valence-corrected chi connectivity index (χ1v) is 7.60. The van der Waals surface area contributed by atoms with Crippen LogP contribution >= 0.6 is 0 Å². The zero-order valence-electron chi connectivity index (χ0n) is 13.6. The van der Waals surface area contributed by atoms with Gasteiger partial charge in [-0.15, -0.1) is 0 Å². The van der Waals surface area contributed by atoms with Crippen molar-refractivity contribution in [2.45, 2.75) is 13.5 Å². The molecule has 2 rings (SSSR count). The molecule has 0 atom stereocenters. The number of carbonyl (C=O) groups is 2. The molecule has 0 fully saturated rings. The van der Waals surface area contributed by atoms with E-state index in [-0.39, 0.29) is 30.2 Å². The van der Waals surface area contributed by atoms with Crippen LogP contribution in [0.3, 0.4) is 0 Å². The van der Waals surface area contributed by atoms with E-state index in [2.05, 4.69) is 4.98 Å². The lowest BCUT2D eigenvalue weighted by Crippen LogP contribution is -2.07. The molecule has 0 N–H and O–H groups in total. The first kappa shape index (κ1) is 17.9. The summed E-state index contributed by atoms with van der Waals surface area (Å²) in [5.41, 5.74) is 1.05. The van der Waals surface area contributed by atoms with Crippen molar-refractivity contribution in [3.63, 3.8) is 0 Å². The lowest BCUT2D eigenvalue weighted by atomic mass is 10.1. The quantitative estimate of drug-likeness (QED) is 0.439. The molecule has 0 unspecified atom stereocenters. The van der Waals surface area contributed by atoms with Gasteiger partial charge < -0.3 is 9.47 Å². The van der Waals surface area contributed by atoms with Crippen molar-refractivity contribution in [1.82, 2.24) is 4.98 Å². The summed E-state index contributed by atoms with van der Waals surface area (Å²) in [6.45, 7) is 2.07. The average Bonchev–Trinajstić information content (AvgIpc) is 2.65. The molecule has 6 nitrogen and oxygen atoms in total. The Morgan fingerprint density at radius 2 is 1.96 bits per heavy atom. The summed E-state index contributed by atoms with van der Waals surface area (Å²) in [4.78, 5) is 27.6. The number of ketones is 1. The number of ether oxygens (including phenoxy) is 2. The van der Waals surface area contributed by atoms with Gasteiger partial charge in [0.2, 0.25) is 0 Å². The Morgan fingerprint density at radius 1 is 1.20 bits per heavy atom. The molecule has 6 heteroatoms. The van der Waals surface area contributed by atoms with Crippen LogP contribution in [0.2, 0.25) is 0 Å². The zero-order valence-corrected chi connectivity index (χ0v) is 13.6. The van der Waals surface area contributed by atoms with E-state index in [1.807, 2.05) is 36.4 Å². The van der Waals surface area contributed by atoms with Gasteiger partial charge in [-0.3, -0.25) is 4.79 Å². The Labute approximate surface area is 145 Å². The molecule has 0 saturated carbocycles. The van der Waals surface area contributed by atoms with E-state index < -0.39 is 11.8 Å². The highest BCUT2D eigenvalue weighted by Crippen LogP contribution is 2.23. The van der Waals surface area contributed by atoms with Gasteiger partial charge >= 0.3 is 5.97 Å². The minimum absolute atomic E-state index is 0.00585. The summed E-state index contributed by atoms with van der Waals surface area (Å²) in [6.07, 6.45) is 3.47. The van der Waals surface area contributed by atoms with Gasteiger partial charge in [-0.05, 0) is 24.6 Å². The number of nitriles is 1. The number of nitrogens with zero attached hydrogens (tertiary/aromatic N) is 2. The second kappa shape index (κ2) is 8.99. The summed E-state index contributed by atoms with van der Waals surface area (Å²) in [5, 5.41) is 9.21. The Balaban J connectivity index is 2.24. The smallest absolute Gasteiger partial charge is 0.330 e. The molecular formula is C19H16N2O4. The highest BCUT2D eigenvalue weighted by atomic mass is 16.5. The van der Waals surface area contributed by atoms with Crippen LogP contribution in [0.1, 0.15) is 28.5 Å². The summed E-state index contributed by atoms with van der Waals surface area (Å²) < 4.78 is 10.4. The SMILES string of the molecule is CCOC(=O)C=CC(=O)c1ccnc(C#N)c1OCc1ccccc1. The summed E-state index contributed by atoms with van der Waals surface area (Å²) >= 11 is 0. The third-order valence-corrected chi connectivity index (χ3v) is 3.16. The molecule has 0 aliphatic carbocycles. The Kier molecular flexibility index (Phi) is 6.43. The van der Waals surface area contributed by atoms with Gasteiger partial charge in [0.15, 0.2) is 17.2 Å². The fourth-order valence-electron chi connectivity index (χ4n) is 2.02. The van der Waals surface area contributed by atoms with Gasteiger partial charge in [-0.2, -0.15) is 5.26 Å². The van der Waals surface area contributed by atoms with Crippen molar-refractivity contribution < 1.29 is 19.1 Å². The summed E-state index contributed by atoms with van der Waals surface area (Å²) in [5.74, 6) is -1.00. The Hall–Kier alpha value is -3.46. The molecule has 1 heterocycles. The van der Waals surface area contributed by atoms with E-state index in [0.717, 1.165) is 17.7 Å². The van der Waals surface area contributed by atoms with Crippen LogP contribution in [0.4, 0.5) is 0 Å². The van der Waals surface area contributed by atoms with Crippen LogP contribution in [0.15, 0.2) is 54.7 Å². The molecule has 1 aromatic carbocycles. The van der Waals surface area contributed by atoms with Crippen LogP contribution in [-0.4, -0.2) is 23.3 Å². The molecule has 0 aliphatic rings. The maximum Gasteiger partial charge on any atom is 0.330 e. The maximum absolute atomic E-state index is 12.3. The number of carbonyl (C=O) groups excluding carboxylic acids is 2. The number of rotatable bonds is 7. The Morgan fingerprint density at radius 3 is 2.64 bits per heavy atom. The second-order valence-electron chi connectivity index (χ2n) is 4.87. The molecule has 0 bridgehead atoms. The van der Waals surface area contributed by atoms with Gasteiger partial charge in [-0.1, -0.05) is 30.3 Å². The fraction of sp³-hybridized carbons (Fsp3) is 0.158. The normalized spacial score (nSPS) is 10.2. The predicted octanol–water partition coefficient (Wildman–Crippen LogP) is 2.83. The van der Waals surface area contributed by atoms with E-state index in [1.54, 1.807) is 6.92 Å². The van der Waals surface area contributed by atoms with Crippen LogP contribution < -0.4 is 4.74 Å². The van der Waals surface area contributed by atoms with Gasteiger partial charge in [0.1, 0.15) is 12.7 Å². The molecule has 0 aliphatic heterocycles. The summed E-state index contributed by atoms with van der Waals surface area (Å²) in [6, 6.07) is 12.7. The van der Waals surface area contributed by atoms with Gasteiger partial charge in [-0.25, -0.2) is 9.78 Å². The van der Waals surface area contributed by atoms with Crippen LogP contribution in [-0.2, 0) is 16.1 Å². The maximum atomic E-state index is 12.3. The second-order valence-corrected chi connectivity index (χ2v) is 4.87. The molecule has 25 heavy (non-hydrogen) atoms. The number of esters is 1. The number of hydrogen-bond acceptors (Lipinski definition) is 6. The molecule has 126 valence electrons. The highest BCUT2D eigenvalue weighted by Gasteiger charge is 2.16. The number of aromatic nitrogens is 1. The monoisotopic (exact) mass is 336 g/mol. The number of pyridine rings is 1. The molecule has 2 aromatic rings. The number of hydrogen-bond donors (Lipinski definition) is 0. The zero-order chi connectivity index (χ0) is 18.1. The first-order chi connectivity index (χ1) is 12.2.